The van der Waals surface area contributed by atoms with Gasteiger partial charge < -0.3 is 4.74 Å². The Kier molecular flexibility index (Phi) is 5.40. The van der Waals surface area contributed by atoms with Gasteiger partial charge in [0.15, 0.2) is 0 Å². The number of rotatable bonds is 5. The SMILES string of the molecule is COC(=O)C(CC(C)C)NC1CCC(C)c2ccccc21. The third kappa shape index (κ3) is 3.85. The lowest BCUT2D eigenvalue weighted by Gasteiger charge is -2.33. The Balaban J connectivity index is 2.18. The van der Waals surface area contributed by atoms with Crippen LogP contribution in [0.25, 0.3) is 0 Å². The zero-order valence-electron chi connectivity index (χ0n) is 13.6. The van der Waals surface area contributed by atoms with Crippen molar-refractivity contribution in [2.75, 3.05) is 7.11 Å². The molecule has 1 aliphatic rings. The Morgan fingerprint density at radius 2 is 1.95 bits per heavy atom. The van der Waals surface area contributed by atoms with Crippen molar-refractivity contribution in [1.29, 1.82) is 0 Å². The molecule has 0 bridgehead atoms. The molecule has 1 N–H and O–H groups in total. The molecule has 0 saturated carbocycles. The third-order valence-electron chi connectivity index (χ3n) is 4.39. The van der Waals surface area contributed by atoms with Gasteiger partial charge in [-0.05, 0) is 42.2 Å². The Bertz CT molecular complexity index is 484. The highest BCUT2D eigenvalue weighted by atomic mass is 16.5. The van der Waals surface area contributed by atoms with E-state index in [9.17, 15) is 4.79 Å². The van der Waals surface area contributed by atoms with Crippen molar-refractivity contribution in [3.63, 3.8) is 0 Å². The Hall–Kier alpha value is -1.35. The van der Waals surface area contributed by atoms with Crippen molar-refractivity contribution < 1.29 is 9.53 Å². The van der Waals surface area contributed by atoms with Crippen LogP contribution in [0.1, 0.15) is 63.1 Å². The molecule has 0 spiro atoms. The molecule has 1 aromatic rings. The molecule has 116 valence electrons. The van der Waals surface area contributed by atoms with E-state index < -0.39 is 0 Å². The molecule has 3 heteroatoms. The van der Waals surface area contributed by atoms with Gasteiger partial charge in [-0.25, -0.2) is 0 Å². The van der Waals surface area contributed by atoms with Crippen molar-refractivity contribution in [1.82, 2.24) is 5.32 Å². The topological polar surface area (TPSA) is 38.3 Å². The number of ether oxygens (including phenoxy) is 1. The van der Waals surface area contributed by atoms with Crippen molar-refractivity contribution in [2.45, 2.75) is 58.0 Å². The summed E-state index contributed by atoms with van der Waals surface area (Å²) < 4.78 is 4.96. The molecule has 3 unspecified atom stereocenters. The summed E-state index contributed by atoms with van der Waals surface area (Å²) in [6, 6.07) is 8.61. The lowest BCUT2D eigenvalue weighted by Crippen LogP contribution is -2.42. The lowest BCUT2D eigenvalue weighted by atomic mass is 9.80. The van der Waals surface area contributed by atoms with Gasteiger partial charge in [0, 0.05) is 6.04 Å². The molecule has 1 aliphatic carbocycles. The number of methoxy groups -OCH3 is 1. The Morgan fingerprint density at radius 3 is 2.57 bits per heavy atom. The van der Waals surface area contributed by atoms with Crippen LogP contribution in [0.3, 0.4) is 0 Å². The van der Waals surface area contributed by atoms with Crippen molar-refractivity contribution in [3.8, 4) is 0 Å². The van der Waals surface area contributed by atoms with Crippen LogP contribution >= 0.6 is 0 Å². The van der Waals surface area contributed by atoms with Gasteiger partial charge in [0.1, 0.15) is 6.04 Å². The average Bonchev–Trinajstić information content (AvgIpc) is 2.48. The number of esters is 1. The zero-order chi connectivity index (χ0) is 15.4. The zero-order valence-corrected chi connectivity index (χ0v) is 13.6. The van der Waals surface area contributed by atoms with Crippen molar-refractivity contribution in [3.05, 3.63) is 35.4 Å². The summed E-state index contributed by atoms with van der Waals surface area (Å²) in [6.45, 7) is 6.55. The first-order valence-electron chi connectivity index (χ1n) is 7.95. The van der Waals surface area contributed by atoms with Crippen LogP contribution in [0.15, 0.2) is 24.3 Å². The summed E-state index contributed by atoms with van der Waals surface area (Å²) in [7, 11) is 1.47. The third-order valence-corrected chi connectivity index (χ3v) is 4.39. The van der Waals surface area contributed by atoms with E-state index in [0.29, 0.717) is 11.8 Å². The molecule has 2 rings (SSSR count). The fraction of sp³-hybridized carbons (Fsp3) is 0.611. The summed E-state index contributed by atoms with van der Waals surface area (Å²) >= 11 is 0. The predicted octanol–water partition coefficient (Wildman–Crippen LogP) is 3.80. The van der Waals surface area contributed by atoms with Gasteiger partial charge in [0.25, 0.3) is 0 Å². The van der Waals surface area contributed by atoms with Gasteiger partial charge in [-0.1, -0.05) is 45.0 Å². The number of nitrogens with one attached hydrogen (secondary N) is 1. The number of carbonyl (C=O) groups is 1. The maximum atomic E-state index is 12.0. The fourth-order valence-electron chi connectivity index (χ4n) is 3.27. The number of fused-ring (bicyclic) bond motifs is 1. The normalized spacial score (nSPS) is 22.7. The predicted molar refractivity (Wildman–Crippen MR) is 85.2 cm³/mol. The molecule has 3 atom stereocenters. The first kappa shape index (κ1) is 16.0. The highest BCUT2D eigenvalue weighted by Crippen LogP contribution is 2.37. The molecule has 0 aliphatic heterocycles. The molecular weight excluding hydrogens is 262 g/mol. The first-order chi connectivity index (χ1) is 10.0. The highest BCUT2D eigenvalue weighted by molar-refractivity contribution is 5.75. The maximum Gasteiger partial charge on any atom is 0.322 e. The standard InChI is InChI=1S/C18H27NO2/c1-12(2)11-17(18(20)21-4)19-16-10-9-13(3)14-7-5-6-8-15(14)16/h5-8,12-13,16-17,19H,9-11H2,1-4H3. The number of hydrogen-bond acceptors (Lipinski definition) is 3. The van der Waals surface area contributed by atoms with E-state index in [1.165, 1.54) is 18.2 Å². The molecule has 0 saturated heterocycles. The summed E-state index contributed by atoms with van der Waals surface area (Å²) in [6.07, 6.45) is 3.04. The van der Waals surface area contributed by atoms with Crippen LogP contribution < -0.4 is 5.32 Å². The van der Waals surface area contributed by atoms with E-state index in [4.69, 9.17) is 4.74 Å². The van der Waals surface area contributed by atoms with E-state index in [1.807, 2.05) is 0 Å². The summed E-state index contributed by atoms with van der Waals surface area (Å²) in [4.78, 5) is 12.0. The highest BCUT2D eigenvalue weighted by Gasteiger charge is 2.29. The minimum absolute atomic E-state index is 0.153. The van der Waals surface area contributed by atoms with Crippen LogP contribution in [0.4, 0.5) is 0 Å². The van der Waals surface area contributed by atoms with Crippen LogP contribution in [0, 0.1) is 5.92 Å². The number of benzene rings is 1. The van der Waals surface area contributed by atoms with Gasteiger partial charge in [0.05, 0.1) is 7.11 Å². The van der Waals surface area contributed by atoms with Crippen LogP contribution in [-0.2, 0) is 9.53 Å². The van der Waals surface area contributed by atoms with E-state index in [-0.39, 0.29) is 18.1 Å². The van der Waals surface area contributed by atoms with Gasteiger partial charge in [0.2, 0.25) is 0 Å². The smallest absolute Gasteiger partial charge is 0.322 e. The van der Waals surface area contributed by atoms with E-state index in [1.54, 1.807) is 0 Å². The summed E-state index contributed by atoms with van der Waals surface area (Å²) in [5, 5.41) is 3.54. The van der Waals surface area contributed by atoms with Gasteiger partial charge in [-0.3, -0.25) is 10.1 Å². The van der Waals surface area contributed by atoms with Crippen molar-refractivity contribution >= 4 is 5.97 Å². The largest absolute Gasteiger partial charge is 0.468 e. The fourth-order valence-corrected chi connectivity index (χ4v) is 3.27. The van der Waals surface area contributed by atoms with E-state index >= 15 is 0 Å². The quantitative estimate of drug-likeness (QED) is 0.838. The van der Waals surface area contributed by atoms with Crippen LogP contribution in [0.5, 0.6) is 0 Å². The monoisotopic (exact) mass is 289 g/mol. The molecular formula is C18H27NO2. The molecule has 0 fully saturated rings. The molecule has 1 aromatic carbocycles. The second-order valence-corrected chi connectivity index (χ2v) is 6.53. The van der Waals surface area contributed by atoms with Crippen molar-refractivity contribution in [2.24, 2.45) is 5.92 Å². The number of hydrogen-bond donors (Lipinski definition) is 1. The van der Waals surface area contributed by atoms with Crippen LogP contribution in [0.2, 0.25) is 0 Å². The molecule has 0 aromatic heterocycles. The van der Waals surface area contributed by atoms with E-state index in [0.717, 1.165) is 19.3 Å². The molecule has 0 radical (unpaired) electrons. The first-order valence-corrected chi connectivity index (χ1v) is 7.95. The van der Waals surface area contributed by atoms with Gasteiger partial charge >= 0.3 is 5.97 Å². The molecule has 0 heterocycles. The molecule has 21 heavy (non-hydrogen) atoms. The Morgan fingerprint density at radius 1 is 1.29 bits per heavy atom. The second-order valence-electron chi connectivity index (χ2n) is 6.53. The molecule has 3 nitrogen and oxygen atoms in total. The second kappa shape index (κ2) is 7.08. The summed E-state index contributed by atoms with van der Waals surface area (Å²) in [5.41, 5.74) is 2.75. The minimum atomic E-state index is -0.221. The molecule has 0 amide bonds. The minimum Gasteiger partial charge on any atom is -0.468 e. The summed E-state index contributed by atoms with van der Waals surface area (Å²) in [5.74, 6) is 0.903. The lowest BCUT2D eigenvalue weighted by molar-refractivity contribution is -0.143. The van der Waals surface area contributed by atoms with Crippen LogP contribution in [-0.4, -0.2) is 19.1 Å². The average molecular weight is 289 g/mol. The maximum absolute atomic E-state index is 12.0. The van der Waals surface area contributed by atoms with Gasteiger partial charge in [-0.2, -0.15) is 0 Å². The van der Waals surface area contributed by atoms with Gasteiger partial charge in [-0.15, -0.1) is 0 Å². The Labute approximate surface area is 128 Å². The number of carbonyl (C=O) groups excluding carboxylic acids is 1. The van der Waals surface area contributed by atoms with E-state index in [2.05, 4.69) is 50.4 Å².